The number of oxime groups is 1. The van der Waals surface area contributed by atoms with Crippen LogP contribution in [-0.2, 0) is 18.3 Å². The third kappa shape index (κ3) is 4.15. The number of aromatic nitrogens is 2. The Bertz CT molecular complexity index is 1160. The lowest BCUT2D eigenvalue weighted by Gasteiger charge is -2.28. The van der Waals surface area contributed by atoms with Gasteiger partial charge in [-0.05, 0) is 56.9 Å². The van der Waals surface area contributed by atoms with Gasteiger partial charge in [-0.15, -0.1) is 0 Å². The lowest BCUT2D eigenvalue weighted by molar-refractivity contribution is 0.144. The number of aryl methyl sites for hydroxylation is 2. The van der Waals surface area contributed by atoms with E-state index in [-0.39, 0.29) is 6.10 Å². The minimum Gasteiger partial charge on any atom is -0.490 e. The molecule has 2 aliphatic rings. The average Bonchev–Trinajstić information content (AvgIpc) is 3.32. The molecule has 1 saturated carbocycles. The molecule has 2 aromatic carbocycles. The Kier molecular flexibility index (Phi) is 5.14. The van der Waals surface area contributed by atoms with E-state index in [2.05, 4.69) is 78.1 Å². The molecule has 0 unspecified atom stereocenters. The van der Waals surface area contributed by atoms with Crippen LogP contribution in [0.15, 0.2) is 60.1 Å². The molecule has 6 nitrogen and oxygen atoms in total. The first-order valence-corrected chi connectivity index (χ1v) is 10.9. The first kappa shape index (κ1) is 19.7. The predicted molar refractivity (Wildman–Crippen MR) is 122 cm³/mol. The summed E-state index contributed by atoms with van der Waals surface area (Å²) >= 11 is 0. The fourth-order valence-corrected chi connectivity index (χ4v) is 4.58. The van der Waals surface area contributed by atoms with Gasteiger partial charge in [-0.2, -0.15) is 0 Å². The van der Waals surface area contributed by atoms with Crippen molar-refractivity contribution in [3.8, 4) is 5.75 Å². The quantitative estimate of drug-likeness (QED) is 0.648. The minimum absolute atomic E-state index is 0.218. The molecule has 1 aliphatic heterocycles. The van der Waals surface area contributed by atoms with E-state index in [9.17, 15) is 0 Å². The molecular weight excluding hydrogens is 388 g/mol. The second kappa shape index (κ2) is 8.10. The van der Waals surface area contributed by atoms with Gasteiger partial charge in [-0.3, -0.25) is 0 Å². The summed E-state index contributed by atoms with van der Waals surface area (Å²) in [5.74, 6) is 3.76. The van der Waals surface area contributed by atoms with Crippen LogP contribution in [0.5, 0.6) is 5.75 Å². The van der Waals surface area contributed by atoms with Gasteiger partial charge < -0.3 is 19.5 Å². The molecule has 160 valence electrons. The molecule has 0 amide bonds. The number of nitrogens with zero attached hydrogens (tertiary/aromatic N) is 3. The Morgan fingerprint density at radius 1 is 1.16 bits per heavy atom. The fraction of sp³-hybridized carbons (Fsp3) is 0.360. The van der Waals surface area contributed by atoms with Crippen molar-refractivity contribution >= 4 is 16.9 Å². The summed E-state index contributed by atoms with van der Waals surface area (Å²) in [7, 11) is 2.08. The molecule has 2 heterocycles. The van der Waals surface area contributed by atoms with Crippen LogP contribution in [0.25, 0.3) is 11.0 Å². The number of benzene rings is 2. The molecule has 0 spiro atoms. The number of fused-ring (bicyclic) bond motifs is 1. The van der Waals surface area contributed by atoms with Crippen molar-refractivity contribution in [3.63, 3.8) is 0 Å². The van der Waals surface area contributed by atoms with E-state index in [1.54, 1.807) is 0 Å². The van der Waals surface area contributed by atoms with Crippen molar-refractivity contribution < 1.29 is 9.57 Å². The molecule has 0 bridgehead atoms. The number of hydrogen-bond donors (Lipinski definition) is 1. The topological polar surface area (TPSA) is 60.7 Å². The molecule has 5 rings (SSSR count). The molecule has 0 atom stereocenters. The molecule has 1 aromatic heterocycles. The maximum atomic E-state index is 6.32. The standard InChI is InChI=1S/C25H28N4O2/c1-16-5-4-6-18(13-16)14-24-27-22-15-21(11-12-23(22)29(24)3)30-20-9-7-19(8-10-20)25-26-17(2)31-28-25/h4-6,11-13,15,19-20H,2,7-10,14H2,1,3H3,(H,26,28)/t19-,20+. The smallest absolute Gasteiger partial charge is 0.221 e. The number of imidazole rings is 1. The molecule has 0 saturated heterocycles. The zero-order chi connectivity index (χ0) is 21.4. The fourth-order valence-electron chi connectivity index (χ4n) is 4.58. The first-order valence-electron chi connectivity index (χ1n) is 10.9. The van der Waals surface area contributed by atoms with E-state index in [1.165, 1.54) is 11.1 Å². The Morgan fingerprint density at radius 3 is 2.74 bits per heavy atom. The highest BCUT2D eigenvalue weighted by molar-refractivity contribution is 5.86. The summed E-state index contributed by atoms with van der Waals surface area (Å²) in [6, 6.07) is 14.9. The van der Waals surface area contributed by atoms with Crippen LogP contribution < -0.4 is 10.1 Å². The minimum atomic E-state index is 0.218. The lowest BCUT2D eigenvalue weighted by Crippen LogP contribution is -2.32. The number of hydrogen-bond acceptors (Lipinski definition) is 5. The Morgan fingerprint density at radius 2 is 2.00 bits per heavy atom. The van der Waals surface area contributed by atoms with Crippen molar-refractivity contribution in [2.24, 2.45) is 18.1 Å². The van der Waals surface area contributed by atoms with Crippen LogP contribution in [0.3, 0.4) is 0 Å². The van der Waals surface area contributed by atoms with Gasteiger partial charge in [0.1, 0.15) is 11.6 Å². The summed E-state index contributed by atoms with van der Waals surface area (Å²) < 4.78 is 8.50. The maximum absolute atomic E-state index is 6.32. The van der Waals surface area contributed by atoms with Gasteiger partial charge in [0.15, 0.2) is 5.84 Å². The largest absolute Gasteiger partial charge is 0.490 e. The zero-order valence-corrected chi connectivity index (χ0v) is 18.1. The molecule has 31 heavy (non-hydrogen) atoms. The second-order valence-corrected chi connectivity index (χ2v) is 8.61. The summed E-state index contributed by atoms with van der Waals surface area (Å²) in [6.07, 6.45) is 5.09. The van der Waals surface area contributed by atoms with Crippen LogP contribution in [0.2, 0.25) is 0 Å². The van der Waals surface area contributed by atoms with E-state index in [0.29, 0.717) is 11.8 Å². The third-order valence-electron chi connectivity index (χ3n) is 6.27. The highest BCUT2D eigenvalue weighted by Gasteiger charge is 2.29. The lowest BCUT2D eigenvalue weighted by atomic mass is 9.86. The van der Waals surface area contributed by atoms with Gasteiger partial charge in [-0.1, -0.05) is 35.0 Å². The highest BCUT2D eigenvalue weighted by atomic mass is 16.7. The zero-order valence-electron chi connectivity index (χ0n) is 18.1. The number of rotatable bonds is 5. The molecule has 0 radical (unpaired) electrons. The van der Waals surface area contributed by atoms with Crippen LogP contribution in [0.1, 0.15) is 42.6 Å². The van der Waals surface area contributed by atoms with Gasteiger partial charge in [0.2, 0.25) is 5.88 Å². The highest BCUT2D eigenvalue weighted by Crippen LogP contribution is 2.31. The van der Waals surface area contributed by atoms with Gasteiger partial charge in [-0.25, -0.2) is 4.98 Å². The third-order valence-corrected chi connectivity index (χ3v) is 6.27. The molecular formula is C25H28N4O2. The van der Waals surface area contributed by atoms with Crippen molar-refractivity contribution in [2.75, 3.05) is 0 Å². The van der Waals surface area contributed by atoms with E-state index in [0.717, 1.165) is 60.5 Å². The summed E-state index contributed by atoms with van der Waals surface area (Å²) in [4.78, 5) is 9.98. The summed E-state index contributed by atoms with van der Waals surface area (Å²) in [5, 5.41) is 7.20. The molecule has 3 aromatic rings. The van der Waals surface area contributed by atoms with Gasteiger partial charge in [0.05, 0.1) is 17.1 Å². The summed E-state index contributed by atoms with van der Waals surface area (Å²) in [6.45, 7) is 5.87. The first-order chi connectivity index (χ1) is 15.0. The van der Waals surface area contributed by atoms with Crippen LogP contribution in [0, 0.1) is 12.8 Å². The summed E-state index contributed by atoms with van der Waals surface area (Å²) in [5.41, 5.74) is 4.66. The van der Waals surface area contributed by atoms with Crippen molar-refractivity contribution in [3.05, 3.63) is 71.9 Å². The molecule has 1 fully saturated rings. The van der Waals surface area contributed by atoms with Gasteiger partial charge in [0.25, 0.3) is 0 Å². The van der Waals surface area contributed by atoms with E-state index < -0.39 is 0 Å². The van der Waals surface area contributed by atoms with Crippen LogP contribution in [0.4, 0.5) is 0 Å². The monoisotopic (exact) mass is 416 g/mol. The average molecular weight is 417 g/mol. The Labute approximate surface area is 182 Å². The van der Waals surface area contributed by atoms with E-state index >= 15 is 0 Å². The van der Waals surface area contributed by atoms with E-state index in [1.807, 2.05) is 0 Å². The van der Waals surface area contributed by atoms with E-state index in [4.69, 9.17) is 14.6 Å². The van der Waals surface area contributed by atoms with Crippen molar-refractivity contribution in [1.29, 1.82) is 0 Å². The molecule has 1 aliphatic carbocycles. The number of amidine groups is 1. The number of ether oxygens (including phenoxy) is 1. The Hall–Kier alpha value is -3.28. The molecule has 6 heteroatoms. The maximum Gasteiger partial charge on any atom is 0.221 e. The van der Waals surface area contributed by atoms with Crippen LogP contribution in [-0.4, -0.2) is 21.5 Å². The predicted octanol–water partition coefficient (Wildman–Crippen LogP) is 4.81. The van der Waals surface area contributed by atoms with Crippen LogP contribution >= 0.6 is 0 Å². The van der Waals surface area contributed by atoms with Crippen molar-refractivity contribution in [1.82, 2.24) is 14.9 Å². The van der Waals surface area contributed by atoms with Gasteiger partial charge in [0, 0.05) is 25.5 Å². The van der Waals surface area contributed by atoms with Crippen molar-refractivity contribution in [2.45, 2.75) is 45.1 Å². The normalized spacial score (nSPS) is 21.0. The number of nitrogens with one attached hydrogen (secondary N) is 1. The Balaban J connectivity index is 1.25. The van der Waals surface area contributed by atoms with Gasteiger partial charge >= 0.3 is 0 Å². The second-order valence-electron chi connectivity index (χ2n) is 8.61. The molecule has 1 N–H and O–H groups in total. The SMILES string of the molecule is C=C1NC([C@H]2CC[C@@H](Oc3ccc4c(c3)nc(Cc3cccc(C)c3)n4C)CC2)=NO1.